The normalized spacial score (nSPS) is 27.2. The Labute approximate surface area is 109 Å². The predicted molar refractivity (Wildman–Crippen MR) is 69.2 cm³/mol. The van der Waals surface area contributed by atoms with E-state index in [1.54, 1.807) is 0 Å². The van der Waals surface area contributed by atoms with Crippen LogP contribution >= 0.6 is 12.4 Å². The van der Waals surface area contributed by atoms with Gasteiger partial charge in [0.15, 0.2) is 0 Å². The van der Waals surface area contributed by atoms with Crippen molar-refractivity contribution in [2.24, 2.45) is 5.73 Å². The van der Waals surface area contributed by atoms with Crippen LogP contribution in [0.5, 0.6) is 0 Å². The summed E-state index contributed by atoms with van der Waals surface area (Å²) >= 11 is 0. The molecule has 1 saturated heterocycles. The van der Waals surface area contributed by atoms with E-state index in [1.807, 2.05) is 0 Å². The fourth-order valence-corrected chi connectivity index (χ4v) is 2.59. The number of carbonyl (C=O) groups excluding carboxylic acids is 1. The van der Waals surface area contributed by atoms with Gasteiger partial charge in [-0.15, -0.1) is 12.4 Å². The summed E-state index contributed by atoms with van der Waals surface area (Å²) in [6, 6.07) is 0. The first kappa shape index (κ1) is 14.7. The molecule has 1 aliphatic heterocycles. The highest BCUT2D eigenvalue weighted by atomic mass is 35.5. The number of nitrogens with two attached hydrogens (primary N) is 1. The fraction of sp³-hybridized carbons (Fsp3) is 0.917. The van der Waals surface area contributed by atoms with Crippen LogP contribution in [0.4, 0.5) is 0 Å². The highest BCUT2D eigenvalue weighted by Gasteiger charge is 2.30. The SMILES string of the molecule is Cl.NC1(CNC(=O)[C@H]2CCCO2)CCCCC1. The second-order valence-electron chi connectivity index (χ2n) is 5.14. The van der Waals surface area contributed by atoms with Gasteiger partial charge < -0.3 is 15.8 Å². The van der Waals surface area contributed by atoms with E-state index < -0.39 is 0 Å². The van der Waals surface area contributed by atoms with Gasteiger partial charge in [-0.2, -0.15) is 0 Å². The van der Waals surface area contributed by atoms with Gasteiger partial charge in [-0.1, -0.05) is 19.3 Å². The van der Waals surface area contributed by atoms with Crippen LogP contribution in [-0.2, 0) is 9.53 Å². The molecule has 1 heterocycles. The van der Waals surface area contributed by atoms with Crippen molar-refractivity contribution in [3.63, 3.8) is 0 Å². The van der Waals surface area contributed by atoms with E-state index in [4.69, 9.17) is 10.5 Å². The number of halogens is 1. The minimum atomic E-state index is -0.229. The lowest BCUT2D eigenvalue weighted by Gasteiger charge is -2.33. The molecule has 17 heavy (non-hydrogen) atoms. The molecule has 5 heteroatoms. The lowest BCUT2D eigenvalue weighted by atomic mass is 9.82. The summed E-state index contributed by atoms with van der Waals surface area (Å²) in [6.07, 6.45) is 7.32. The highest BCUT2D eigenvalue weighted by molar-refractivity contribution is 5.85. The van der Waals surface area contributed by atoms with Crippen LogP contribution in [0.2, 0.25) is 0 Å². The molecule has 0 unspecified atom stereocenters. The van der Waals surface area contributed by atoms with Crippen molar-refractivity contribution >= 4 is 18.3 Å². The van der Waals surface area contributed by atoms with Gasteiger partial charge in [0.25, 0.3) is 0 Å². The van der Waals surface area contributed by atoms with Crippen LogP contribution in [0.1, 0.15) is 44.9 Å². The number of hydrogen-bond acceptors (Lipinski definition) is 3. The number of hydrogen-bond donors (Lipinski definition) is 2. The van der Waals surface area contributed by atoms with Crippen molar-refractivity contribution in [1.29, 1.82) is 0 Å². The quantitative estimate of drug-likeness (QED) is 0.807. The molecule has 0 bridgehead atoms. The van der Waals surface area contributed by atoms with Crippen molar-refractivity contribution in [1.82, 2.24) is 5.32 Å². The van der Waals surface area contributed by atoms with E-state index in [0.717, 1.165) is 25.7 Å². The highest BCUT2D eigenvalue weighted by Crippen LogP contribution is 2.25. The first-order chi connectivity index (χ1) is 7.70. The molecule has 1 saturated carbocycles. The van der Waals surface area contributed by atoms with Gasteiger partial charge in [0.2, 0.25) is 5.91 Å². The van der Waals surface area contributed by atoms with Gasteiger partial charge in [0.05, 0.1) is 0 Å². The van der Waals surface area contributed by atoms with Crippen LogP contribution in [0.15, 0.2) is 0 Å². The van der Waals surface area contributed by atoms with Gasteiger partial charge in [-0.05, 0) is 25.7 Å². The average Bonchev–Trinajstić information content (AvgIpc) is 2.80. The number of ether oxygens (including phenoxy) is 1. The Morgan fingerprint density at radius 3 is 2.59 bits per heavy atom. The molecule has 0 aromatic heterocycles. The monoisotopic (exact) mass is 262 g/mol. The molecule has 2 fully saturated rings. The average molecular weight is 263 g/mol. The van der Waals surface area contributed by atoms with Crippen LogP contribution in [0.3, 0.4) is 0 Å². The van der Waals surface area contributed by atoms with E-state index in [2.05, 4.69) is 5.32 Å². The first-order valence-corrected chi connectivity index (χ1v) is 6.38. The third kappa shape index (κ3) is 4.12. The number of nitrogens with one attached hydrogen (secondary N) is 1. The maximum atomic E-state index is 11.7. The zero-order valence-corrected chi connectivity index (χ0v) is 11.1. The predicted octanol–water partition coefficient (Wildman–Crippen LogP) is 1.36. The lowest BCUT2D eigenvalue weighted by molar-refractivity contribution is -0.130. The Kier molecular flexibility index (Phi) is 5.70. The van der Waals surface area contributed by atoms with Crippen LogP contribution < -0.4 is 11.1 Å². The number of rotatable bonds is 3. The second-order valence-corrected chi connectivity index (χ2v) is 5.14. The largest absolute Gasteiger partial charge is 0.368 e. The Bertz CT molecular complexity index is 249. The van der Waals surface area contributed by atoms with Crippen LogP contribution in [-0.4, -0.2) is 30.7 Å². The maximum Gasteiger partial charge on any atom is 0.249 e. The van der Waals surface area contributed by atoms with E-state index in [0.29, 0.717) is 13.2 Å². The van der Waals surface area contributed by atoms with Crippen molar-refractivity contribution in [3.05, 3.63) is 0 Å². The molecule has 2 rings (SSSR count). The van der Waals surface area contributed by atoms with Crippen molar-refractivity contribution in [2.75, 3.05) is 13.2 Å². The minimum Gasteiger partial charge on any atom is -0.368 e. The molecule has 100 valence electrons. The third-order valence-corrected chi connectivity index (χ3v) is 3.69. The van der Waals surface area contributed by atoms with E-state index in [9.17, 15) is 4.79 Å². The summed E-state index contributed by atoms with van der Waals surface area (Å²) < 4.78 is 5.33. The van der Waals surface area contributed by atoms with Crippen molar-refractivity contribution in [2.45, 2.75) is 56.6 Å². The van der Waals surface area contributed by atoms with Crippen LogP contribution in [0.25, 0.3) is 0 Å². The molecule has 3 N–H and O–H groups in total. The molecule has 1 atom stereocenters. The molecule has 1 amide bonds. The lowest BCUT2D eigenvalue weighted by Crippen LogP contribution is -2.52. The standard InChI is InChI=1S/C12H22N2O2.ClH/c13-12(6-2-1-3-7-12)9-14-11(15)10-5-4-8-16-10;/h10H,1-9,13H2,(H,14,15);1H/t10-;/m1./s1. The summed E-state index contributed by atoms with van der Waals surface area (Å²) in [6.45, 7) is 1.32. The summed E-state index contributed by atoms with van der Waals surface area (Å²) in [5.74, 6) is 0.0212. The molecule has 2 aliphatic rings. The summed E-state index contributed by atoms with van der Waals surface area (Å²) in [4.78, 5) is 11.7. The molecule has 0 spiro atoms. The molecular weight excluding hydrogens is 240 g/mol. The zero-order chi connectivity index (χ0) is 11.4. The van der Waals surface area contributed by atoms with Gasteiger partial charge in [0.1, 0.15) is 6.10 Å². The van der Waals surface area contributed by atoms with E-state index >= 15 is 0 Å². The summed E-state index contributed by atoms with van der Waals surface area (Å²) in [5, 5.41) is 2.95. The second kappa shape index (κ2) is 6.57. The molecule has 0 aromatic carbocycles. The topological polar surface area (TPSA) is 64.3 Å². The maximum absolute atomic E-state index is 11.7. The summed E-state index contributed by atoms with van der Waals surface area (Å²) in [7, 11) is 0. The van der Waals surface area contributed by atoms with E-state index in [1.165, 1.54) is 19.3 Å². The fourth-order valence-electron chi connectivity index (χ4n) is 2.59. The Morgan fingerprint density at radius 1 is 1.29 bits per heavy atom. The number of carbonyl (C=O) groups is 1. The van der Waals surface area contributed by atoms with E-state index in [-0.39, 0.29) is 30.0 Å². The molecule has 4 nitrogen and oxygen atoms in total. The van der Waals surface area contributed by atoms with Gasteiger partial charge >= 0.3 is 0 Å². The smallest absolute Gasteiger partial charge is 0.249 e. The van der Waals surface area contributed by atoms with Gasteiger partial charge in [0, 0.05) is 18.7 Å². The Morgan fingerprint density at radius 2 is 2.00 bits per heavy atom. The van der Waals surface area contributed by atoms with Crippen LogP contribution in [0, 0.1) is 0 Å². The Balaban J connectivity index is 0.00000144. The zero-order valence-electron chi connectivity index (χ0n) is 10.2. The Hall–Kier alpha value is -0.320. The first-order valence-electron chi connectivity index (χ1n) is 6.38. The minimum absolute atomic E-state index is 0. The van der Waals surface area contributed by atoms with Crippen molar-refractivity contribution in [3.8, 4) is 0 Å². The third-order valence-electron chi connectivity index (χ3n) is 3.69. The molecule has 0 aromatic rings. The molecule has 0 radical (unpaired) electrons. The van der Waals surface area contributed by atoms with Crippen molar-refractivity contribution < 1.29 is 9.53 Å². The van der Waals surface area contributed by atoms with Gasteiger partial charge in [-0.3, -0.25) is 4.79 Å². The summed E-state index contributed by atoms with van der Waals surface area (Å²) in [5.41, 5.74) is 6.08. The number of amides is 1. The molecule has 1 aliphatic carbocycles. The molecular formula is C12H23ClN2O2. The van der Waals surface area contributed by atoms with Gasteiger partial charge in [-0.25, -0.2) is 0 Å².